The summed E-state index contributed by atoms with van der Waals surface area (Å²) in [4.78, 5) is 28.6. The van der Waals surface area contributed by atoms with Crippen LogP contribution in [-0.4, -0.2) is 53.8 Å². The molecule has 0 unspecified atom stereocenters. The lowest BCUT2D eigenvalue weighted by atomic mass is 10.2. The van der Waals surface area contributed by atoms with Gasteiger partial charge in [0, 0.05) is 32.7 Å². The smallest absolute Gasteiger partial charge is 0.335 e. The van der Waals surface area contributed by atoms with Gasteiger partial charge in [0.2, 0.25) is 10.0 Å². The third kappa shape index (κ3) is 4.77. The van der Waals surface area contributed by atoms with Crippen molar-refractivity contribution in [3.8, 4) is 5.69 Å². The van der Waals surface area contributed by atoms with E-state index in [2.05, 4.69) is 0 Å². The largest absolute Gasteiger partial charge is 0.363 e. The van der Waals surface area contributed by atoms with Crippen molar-refractivity contribution in [1.29, 1.82) is 0 Å². The van der Waals surface area contributed by atoms with Crippen molar-refractivity contribution in [2.45, 2.75) is 40.7 Å². The Morgan fingerprint density at radius 3 is 2.16 bits per heavy atom. The zero-order chi connectivity index (χ0) is 22.8. The molecule has 9 heteroatoms. The average Bonchev–Trinajstić information content (AvgIpc) is 2.72. The Morgan fingerprint density at radius 2 is 1.61 bits per heavy atom. The summed E-state index contributed by atoms with van der Waals surface area (Å²) in [6.07, 6.45) is 0.573. The average molecular weight is 449 g/mol. The van der Waals surface area contributed by atoms with Crippen LogP contribution in [0.1, 0.15) is 32.9 Å². The molecule has 2 heterocycles. The summed E-state index contributed by atoms with van der Waals surface area (Å²) in [7, 11) is -3.27. The molecule has 3 rings (SSSR count). The first-order valence-electron chi connectivity index (χ1n) is 10.8. The number of rotatable bonds is 7. The van der Waals surface area contributed by atoms with E-state index in [4.69, 9.17) is 0 Å². The van der Waals surface area contributed by atoms with Gasteiger partial charge in [0.05, 0.1) is 17.1 Å². The van der Waals surface area contributed by atoms with Crippen LogP contribution >= 0.6 is 0 Å². The first-order valence-corrected chi connectivity index (χ1v) is 12.4. The quantitative estimate of drug-likeness (QED) is 0.645. The summed E-state index contributed by atoms with van der Waals surface area (Å²) in [6.45, 7) is 9.37. The normalized spacial score (nSPS) is 15.6. The number of para-hydroxylation sites is 1. The second kappa shape index (κ2) is 9.40. The van der Waals surface area contributed by atoms with E-state index < -0.39 is 10.0 Å². The first-order chi connectivity index (χ1) is 14.7. The Morgan fingerprint density at radius 1 is 1.00 bits per heavy atom. The van der Waals surface area contributed by atoms with Crippen molar-refractivity contribution in [1.82, 2.24) is 13.4 Å². The highest BCUT2D eigenvalue weighted by Crippen LogP contribution is 2.20. The van der Waals surface area contributed by atoms with Crippen molar-refractivity contribution in [2.24, 2.45) is 5.92 Å². The Balaban J connectivity index is 2.07. The maximum atomic E-state index is 13.4. The Kier molecular flexibility index (Phi) is 7.06. The summed E-state index contributed by atoms with van der Waals surface area (Å²) in [5.74, 6) is 0.257. The number of nitrogens with zero attached hydrogens (tertiary/aromatic N) is 4. The lowest BCUT2D eigenvalue weighted by Crippen LogP contribution is -2.52. The summed E-state index contributed by atoms with van der Waals surface area (Å²) in [6, 6.07) is 9.28. The first kappa shape index (κ1) is 23.3. The molecule has 1 fully saturated rings. The summed E-state index contributed by atoms with van der Waals surface area (Å²) >= 11 is 0. The molecule has 0 saturated carbocycles. The number of benzene rings is 1. The second-order valence-electron chi connectivity index (χ2n) is 8.40. The van der Waals surface area contributed by atoms with Crippen molar-refractivity contribution >= 4 is 15.7 Å². The van der Waals surface area contributed by atoms with E-state index in [9.17, 15) is 18.0 Å². The molecule has 31 heavy (non-hydrogen) atoms. The van der Waals surface area contributed by atoms with Gasteiger partial charge in [-0.15, -0.1) is 0 Å². The Hall–Kier alpha value is -2.39. The highest BCUT2D eigenvalue weighted by Gasteiger charge is 2.29. The molecule has 1 saturated heterocycles. The third-order valence-corrected chi connectivity index (χ3v) is 7.60. The molecule has 1 aliphatic rings. The van der Waals surface area contributed by atoms with Gasteiger partial charge in [0.15, 0.2) is 0 Å². The molecule has 8 nitrogen and oxygen atoms in total. The van der Waals surface area contributed by atoms with Gasteiger partial charge < -0.3 is 4.90 Å². The van der Waals surface area contributed by atoms with Gasteiger partial charge in [-0.05, 0) is 31.4 Å². The van der Waals surface area contributed by atoms with Gasteiger partial charge in [-0.25, -0.2) is 13.2 Å². The minimum atomic E-state index is -3.27. The van der Waals surface area contributed by atoms with Crippen molar-refractivity contribution in [2.75, 3.05) is 36.8 Å². The van der Waals surface area contributed by atoms with Crippen molar-refractivity contribution in [3.05, 3.63) is 56.9 Å². The van der Waals surface area contributed by atoms with E-state index in [-0.39, 0.29) is 22.9 Å². The van der Waals surface area contributed by atoms with Crippen LogP contribution < -0.4 is 16.1 Å². The zero-order valence-electron chi connectivity index (χ0n) is 18.7. The van der Waals surface area contributed by atoms with E-state index in [1.807, 2.05) is 56.0 Å². The number of anilines is 1. The van der Waals surface area contributed by atoms with Crippen LogP contribution in [0, 0.1) is 12.8 Å². The fourth-order valence-corrected chi connectivity index (χ4v) is 5.58. The van der Waals surface area contributed by atoms with Crippen LogP contribution in [0.5, 0.6) is 0 Å². The fraction of sp³-hybridized carbons (Fsp3) is 0.545. The van der Waals surface area contributed by atoms with Crippen molar-refractivity contribution in [3.63, 3.8) is 0 Å². The molecular formula is C22H32N4O4S. The van der Waals surface area contributed by atoms with Crippen molar-refractivity contribution < 1.29 is 8.42 Å². The minimum Gasteiger partial charge on any atom is -0.363 e. The zero-order valence-corrected chi connectivity index (χ0v) is 19.6. The van der Waals surface area contributed by atoms with Gasteiger partial charge in [-0.1, -0.05) is 39.0 Å². The molecule has 0 radical (unpaired) electrons. The molecule has 2 aromatic rings. The van der Waals surface area contributed by atoms with Crippen LogP contribution in [0.3, 0.4) is 0 Å². The molecule has 0 aliphatic carbocycles. The Labute approximate surface area is 183 Å². The van der Waals surface area contributed by atoms with E-state index in [1.54, 1.807) is 11.5 Å². The number of aromatic nitrogens is 2. The van der Waals surface area contributed by atoms with E-state index >= 15 is 0 Å². The van der Waals surface area contributed by atoms with Crippen LogP contribution in [0.15, 0.2) is 39.9 Å². The van der Waals surface area contributed by atoms with Crippen LogP contribution in [0.4, 0.5) is 5.69 Å². The lowest BCUT2D eigenvalue weighted by molar-refractivity contribution is 0.382. The topological polar surface area (TPSA) is 84.6 Å². The minimum absolute atomic E-state index is 0.126. The number of piperazine rings is 1. The van der Waals surface area contributed by atoms with Crippen LogP contribution in [0.25, 0.3) is 5.69 Å². The third-order valence-electron chi connectivity index (χ3n) is 5.52. The molecule has 1 aromatic carbocycles. The molecular weight excluding hydrogens is 416 g/mol. The highest BCUT2D eigenvalue weighted by molar-refractivity contribution is 7.89. The van der Waals surface area contributed by atoms with E-state index in [0.717, 1.165) is 0 Å². The molecule has 0 amide bonds. The van der Waals surface area contributed by atoms with Gasteiger partial charge in [0.1, 0.15) is 5.69 Å². The van der Waals surface area contributed by atoms with E-state index in [1.165, 1.54) is 8.87 Å². The maximum absolute atomic E-state index is 13.4. The molecule has 0 N–H and O–H groups in total. The standard InChI is InChI=1S/C22H32N4O4S/c1-5-15-31(29,30)24-13-11-23(12-14-24)20-18(4)26(19-9-7-6-8-10-19)22(28)25(21(20)27)16-17(2)3/h6-10,17H,5,11-16H2,1-4H3. The SMILES string of the molecule is CCCS(=O)(=O)N1CCN(c2c(C)n(-c3ccccc3)c(=O)n(CC(C)C)c2=O)CC1. The monoisotopic (exact) mass is 448 g/mol. The molecule has 1 aromatic heterocycles. The number of hydrogen-bond acceptors (Lipinski definition) is 5. The lowest BCUT2D eigenvalue weighted by Gasteiger charge is -2.36. The van der Waals surface area contributed by atoms with Gasteiger partial charge in [-0.3, -0.25) is 13.9 Å². The molecule has 170 valence electrons. The molecule has 1 aliphatic heterocycles. The molecule has 0 atom stereocenters. The summed E-state index contributed by atoms with van der Waals surface area (Å²) in [5.41, 5.74) is 1.08. The summed E-state index contributed by atoms with van der Waals surface area (Å²) < 4.78 is 29.2. The van der Waals surface area contributed by atoms with E-state index in [0.29, 0.717) is 56.2 Å². The second-order valence-corrected chi connectivity index (χ2v) is 10.5. The summed E-state index contributed by atoms with van der Waals surface area (Å²) in [5, 5.41) is 0. The molecule has 0 spiro atoms. The molecule has 0 bridgehead atoms. The van der Waals surface area contributed by atoms with Gasteiger partial charge >= 0.3 is 5.69 Å². The maximum Gasteiger partial charge on any atom is 0.335 e. The number of sulfonamides is 1. The highest BCUT2D eigenvalue weighted by atomic mass is 32.2. The van der Waals surface area contributed by atoms with Gasteiger partial charge in [-0.2, -0.15) is 4.31 Å². The predicted octanol–water partition coefficient (Wildman–Crippen LogP) is 1.83. The van der Waals surface area contributed by atoms with Gasteiger partial charge in [0.25, 0.3) is 5.56 Å². The predicted molar refractivity (Wildman–Crippen MR) is 124 cm³/mol. The van der Waals surface area contributed by atoms with Crippen LogP contribution in [0.2, 0.25) is 0 Å². The van der Waals surface area contributed by atoms with Crippen LogP contribution in [-0.2, 0) is 16.6 Å². The fourth-order valence-electron chi connectivity index (χ4n) is 4.09. The Bertz CT molecular complexity index is 1130. The number of hydrogen-bond donors (Lipinski definition) is 0.